The van der Waals surface area contributed by atoms with E-state index in [2.05, 4.69) is 88.2 Å². The maximum absolute atomic E-state index is 4.41. The van der Waals surface area contributed by atoms with Crippen LogP contribution in [0, 0.1) is 5.92 Å². The molecule has 3 rings (SSSR count). The topological polar surface area (TPSA) is 39.7 Å². The summed E-state index contributed by atoms with van der Waals surface area (Å²) in [4.78, 5) is 6.84. The Hall–Kier alpha value is -2.33. The van der Waals surface area contributed by atoms with E-state index in [9.17, 15) is 0 Å². The molecule has 1 aliphatic rings. The Balaban J connectivity index is 1.53. The van der Waals surface area contributed by atoms with E-state index >= 15 is 0 Å². The number of guanidine groups is 1. The third-order valence-electron chi connectivity index (χ3n) is 5.63. The minimum absolute atomic E-state index is 0.389. The number of piperidine rings is 1. The van der Waals surface area contributed by atoms with Crippen molar-refractivity contribution in [3.63, 3.8) is 0 Å². The molecule has 1 saturated heterocycles. The normalized spacial score (nSPS) is 18.2. The number of hydrogen-bond acceptors (Lipinski definition) is 2. The number of likely N-dealkylation sites (tertiary alicyclic amines) is 1. The molecular weight excluding hydrogens is 344 g/mol. The summed E-state index contributed by atoms with van der Waals surface area (Å²) >= 11 is 0. The second kappa shape index (κ2) is 10.9. The van der Waals surface area contributed by atoms with Crippen molar-refractivity contribution in [2.75, 3.05) is 40.3 Å². The molecule has 1 heterocycles. The van der Waals surface area contributed by atoms with Crippen molar-refractivity contribution in [1.82, 2.24) is 15.5 Å². The van der Waals surface area contributed by atoms with Crippen molar-refractivity contribution < 1.29 is 0 Å². The molecule has 0 saturated carbocycles. The molecule has 0 radical (unpaired) electrons. The Labute approximate surface area is 170 Å². The fraction of sp³-hybridized carbons (Fsp3) is 0.458. The average molecular weight is 379 g/mol. The van der Waals surface area contributed by atoms with Gasteiger partial charge in [-0.15, -0.1) is 0 Å². The highest BCUT2D eigenvalue weighted by Gasteiger charge is 2.17. The van der Waals surface area contributed by atoms with Crippen LogP contribution in [0.2, 0.25) is 0 Å². The Morgan fingerprint density at radius 1 is 1.04 bits per heavy atom. The lowest BCUT2D eigenvalue weighted by molar-refractivity contribution is 0.210. The minimum Gasteiger partial charge on any atom is -0.356 e. The van der Waals surface area contributed by atoms with Crippen LogP contribution >= 0.6 is 0 Å². The van der Waals surface area contributed by atoms with Gasteiger partial charge >= 0.3 is 0 Å². The van der Waals surface area contributed by atoms with Gasteiger partial charge < -0.3 is 15.5 Å². The maximum atomic E-state index is 4.41. The Morgan fingerprint density at radius 3 is 2.25 bits per heavy atom. The van der Waals surface area contributed by atoms with Crippen LogP contribution in [0.4, 0.5) is 0 Å². The molecule has 1 aliphatic heterocycles. The van der Waals surface area contributed by atoms with Crippen molar-refractivity contribution in [3.05, 3.63) is 71.8 Å². The summed E-state index contributed by atoms with van der Waals surface area (Å²) < 4.78 is 0. The molecule has 1 atom stereocenters. The summed E-state index contributed by atoms with van der Waals surface area (Å²) in [6, 6.07) is 21.6. The van der Waals surface area contributed by atoms with Crippen LogP contribution in [0.5, 0.6) is 0 Å². The predicted molar refractivity (Wildman–Crippen MR) is 119 cm³/mol. The summed E-state index contributed by atoms with van der Waals surface area (Å²) in [5.74, 6) is 2.01. The van der Waals surface area contributed by atoms with E-state index < -0.39 is 0 Å². The van der Waals surface area contributed by atoms with E-state index in [1.165, 1.54) is 37.1 Å². The molecule has 28 heavy (non-hydrogen) atoms. The quantitative estimate of drug-likeness (QED) is 0.570. The van der Waals surface area contributed by atoms with Crippen LogP contribution < -0.4 is 10.6 Å². The fourth-order valence-corrected chi connectivity index (χ4v) is 4.13. The van der Waals surface area contributed by atoms with Gasteiger partial charge in [-0.25, -0.2) is 0 Å². The number of hydrogen-bond donors (Lipinski definition) is 2. The van der Waals surface area contributed by atoms with Gasteiger partial charge in [0.05, 0.1) is 0 Å². The lowest BCUT2D eigenvalue weighted by Gasteiger charge is -2.30. The number of rotatable bonds is 7. The van der Waals surface area contributed by atoms with E-state index in [4.69, 9.17) is 0 Å². The molecule has 150 valence electrons. The van der Waals surface area contributed by atoms with E-state index in [-0.39, 0.29) is 0 Å². The summed E-state index contributed by atoms with van der Waals surface area (Å²) in [7, 11) is 4.07. The Bertz CT molecular complexity index is 674. The highest BCUT2D eigenvalue weighted by molar-refractivity contribution is 5.79. The number of nitrogens with one attached hydrogen (secondary N) is 2. The second-order valence-electron chi connectivity index (χ2n) is 7.81. The fourth-order valence-electron chi connectivity index (χ4n) is 4.13. The van der Waals surface area contributed by atoms with Gasteiger partial charge in [0.2, 0.25) is 0 Å². The van der Waals surface area contributed by atoms with Crippen molar-refractivity contribution in [2.24, 2.45) is 10.9 Å². The van der Waals surface area contributed by atoms with Crippen LogP contribution in [0.1, 0.15) is 36.3 Å². The first-order chi connectivity index (χ1) is 13.8. The summed E-state index contributed by atoms with van der Waals surface area (Å²) in [5.41, 5.74) is 2.73. The molecule has 4 heteroatoms. The van der Waals surface area contributed by atoms with Gasteiger partial charge in [0.1, 0.15) is 0 Å². The molecule has 0 spiro atoms. The minimum atomic E-state index is 0.389. The SMILES string of the molecule is CN=C(NCCC(c1ccccc1)c1ccccc1)NCC1CCCN(C)C1. The van der Waals surface area contributed by atoms with E-state index in [1.807, 2.05) is 7.05 Å². The van der Waals surface area contributed by atoms with Gasteiger partial charge in [-0.2, -0.15) is 0 Å². The van der Waals surface area contributed by atoms with Gasteiger partial charge in [-0.05, 0) is 49.9 Å². The van der Waals surface area contributed by atoms with Crippen LogP contribution in [0.15, 0.2) is 65.7 Å². The van der Waals surface area contributed by atoms with Gasteiger partial charge in [-0.3, -0.25) is 4.99 Å². The molecule has 2 N–H and O–H groups in total. The van der Waals surface area contributed by atoms with Gasteiger partial charge in [-0.1, -0.05) is 60.7 Å². The standard InChI is InChI=1S/C24H34N4/c1-25-24(27-18-20-10-9-17-28(2)19-20)26-16-15-23(21-11-5-3-6-12-21)22-13-7-4-8-14-22/h3-8,11-14,20,23H,9-10,15-19H2,1-2H3,(H2,25,26,27). The van der Waals surface area contributed by atoms with Crippen molar-refractivity contribution in [1.29, 1.82) is 0 Å². The molecule has 2 aromatic carbocycles. The predicted octanol–water partition coefficient (Wildman–Crippen LogP) is 3.72. The summed E-state index contributed by atoms with van der Waals surface area (Å²) in [6.45, 7) is 4.28. The van der Waals surface area contributed by atoms with E-state index in [1.54, 1.807) is 0 Å². The van der Waals surface area contributed by atoms with Crippen LogP contribution in [0.25, 0.3) is 0 Å². The van der Waals surface area contributed by atoms with Crippen molar-refractivity contribution >= 4 is 5.96 Å². The molecule has 1 fully saturated rings. The second-order valence-corrected chi connectivity index (χ2v) is 7.81. The molecule has 0 aliphatic carbocycles. The molecule has 0 bridgehead atoms. The summed E-state index contributed by atoms with van der Waals surface area (Å²) in [6.07, 6.45) is 3.63. The molecular formula is C24H34N4. The third kappa shape index (κ3) is 6.10. The third-order valence-corrected chi connectivity index (χ3v) is 5.63. The first-order valence-electron chi connectivity index (χ1n) is 10.5. The Morgan fingerprint density at radius 2 is 1.68 bits per heavy atom. The molecule has 0 aromatic heterocycles. The lowest BCUT2D eigenvalue weighted by atomic mass is 9.88. The maximum Gasteiger partial charge on any atom is 0.190 e. The van der Waals surface area contributed by atoms with Crippen LogP contribution in [-0.4, -0.2) is 51.1 Å². The highest BCUT2D eigenvalue weighted by atomic mass is 15.2. The number of benzene rings is 2. The van der Waals surface area contributed by atoms with Gasteiger partial charge in [0.15, 0.2) is 5.96 Å². The van der Waals surface area contributed by atoms with Crippen LogP contribution in [0.3, 0.4) is 0 Å². The number of aliphatic imine (C=N–C) groups is 1. The van der Waals surface area contributed by atoms with E-state index in [0.29, 0.717) is 11.8 Å². The van der Waals surface area contributed by atoms with Crippen molar-refractivity contribution in [3.8, 4) is 0 Å². The zero-order valence-electron chi connectivity index (χ0n) is 17.3. The van der Waals surface area contributed by atoms with Gasteiger partial charge in [0.25, 0.3) is 0 Å². The van der Waals surface area contributed by atoms with E-state index in [0.717, 1.165) is 25.5 Å². The van der Waals surface area contributed by atoms with Crippen LogP contribution in [-0.2, 0) is 0 Å². The lowest BCUT2D eigenvalue weighted by Crippen LogP contribution is -2.43. The largest absolute Gasteiger partial charge is 0.356 e. The van der Waals surface area contributed by atoms with Crippen molar-refractivity contribution in [2.45, 2.75) is 25.2 Å². The molecule has 0 amide bonds. The average Bonchev–Trinajstić information content (AvgIpc) is 2.74. The van der Waals surface area contributed by atoms with Gasteiger partial charge in [0, 0.05) is 32.6 Å². The molecule has 4 nitrogen and oxygen atoms in total. The highest BCUT2D eigenvalue weighted by Crippen LogP contribution is 2.27. The number of nitrogens with zero attached hydrogens (tertiary/aromatic N) is 2. The Kier molecular flexibility index (Phi) is 7.92. The zero-order chi connectivity index (χ0) is 19.6. The molecule has 2 aromatic rings. The first-order valence-corrected chi connectivity index (χ1v) is 10.5. The summed E-state index contributed by atoms with van der Waals surface area (Å²) in [5, 5.41) is 7.04. The zero-order valence-corrected chi connectivity index (χ0v) is 17.3. The monoisotopic (exact) mass is 378 g/mol. The first kappa shape index (κ1) is 20.4. The molecule has 1 unspecified atom stereocenters. The smallest absolute Gasteiger partial charge is 0.190 e.